The van der Waals surface area contributed by atoms with E-state index in [1.165, 1.54) is 23.4 Å². The molecule has 0 aliphatic heterocycles. The molecule has 3 rings (SSSR count). The second kappa shape index (κ2) is 10.7. The third-order valence-corrected chi connectivity index (χ3v) is 7.35. The van der Waals surface area contributed by atoms with Crippen molar-refractivity contribution in [1.29, 1.82) is 0 Å². The number of carbonyl (C=O) groups excluding carboxylic acids is 2. The van der Waals surface area contributed by atoms with E-state index in [0.717, 1.165) is 0 Å². The predicted molar refractivity (Wildman–Crippen MR) is 133 cm³/mol. The maximum Gasteiger partial charge on any atom is 0.338 e. The van der Waals surface area contributed by atoms with Gasteiger partial charge >= 0.3 is 5.97 Å². The van der Waals surface area contributed by atoms with Crippen molar-refractivity contribution in [3.63, 3.8) is 0 Å². The largest absolute Gasteiger partial charge is 0.449 e. The summed E-state index contributed by atoms with van der Waals surface area (Å²) < 4.78 is 33.4. The van der Waals surface area contributed by atoms with Crippen molar-refractivity contribution in [2.45, 2.75) is 31.8 Å². The number of sulfonamides is 1. The van der Waals surface area contributed by atoms with Gasteiger partial charge in [-0.3, -0.25) is 9.10 Å². The molecule has 1 amide bonds. The topological polar surface area (TPSA) is 92.8 Å². The van der Waals surface area contributed by atoms with E-state index >= 15 is 0 Å². The van der Waals surface area contributed by atoms with Gasteiger partial charge in [0, 0.05) is 17.3 Å². The third-order valence-electron chi connectivity index (χ3n) is 5.07. The van der Waals surface area contributed by atoms with Gasteiger partial charge in [0.25, 0.3) is 15.9 Å². The van der Waals surface area contributed by atoms with Crippen LogP contribution in [0.4, 0.5) is 11.4 Å². The molecular weight excluding hydrogens is 476 g/mol. The summed E-state index contributed by atoms with van der Waals surface area (Å²) >= 11 is 5.92. The van der Waals surface area contributed by atoms with Crippen molar-refractivity contribution in [2.75, 3.05) is 16.2 Å². The highest BCUT2D eigenvalue weighted by Crippen LogP contribution is 2.26. The lowest BCUT2D eigenvalue weighted by Crippen LogP contribution is -2.32. The maximum absolute atomic E-state index is 13.4. The first kappa shape index (κ1) is 25.3. The Bertz CT molecular complexity index is 1300. The molecule has 0 spiro atoms. The van der Waals surface area contributed by atoms with E-state index in [1.807, 2.05) is 0 Å². The minimum absolute atomic E-state index is 0.0105. The Morgan fingerprint density at radius 3 is 2.38 bits per heavy atom. The Morgan fingerprint density at radius 1 is 1.03 bits per heavy atom. The van der Waals surface area contributed by atoms with Gasteiger partial charge in [-0.1, -0.05) is 41.9 Å². The van der Waals surface area contributed by atoms with Crippen LogP contribution in [-0.4, -0.2) is 32.9 Å². The standard InChI is InChI=1S/C25H25ClN2O5S/c1-4-28(22-11-6-5-7-12-22)34(31,32)23-15-19(14-13-17(23)2)25(30)33-18(3)24(29)27-21-10-8-9-20(26)16-21/h5-16,18H,4H2,1-3H3,(H,27,29). The molecule has 1 N–H and O–H groups in total. The summed E-state index contributed by atoms with van der Waals surface area (Å²) in [6.07, 6.45) is -1.12. The van der Waals surface area contributed by atoms with Crippen LogP contribution in [0.1, 0.15) is 29.8 Å². The van der Waals surface area contributed by atoms with E-state index in [1.54, 1.807) is 74.5 Å². The molecule has 0 saturated heterocycles. The summed E-state index contributed by atoms with van der Waals surface area (Å²) in [7, 11) is -3.95. The fourth-order valence-corrected chi connectivity index (χ4v) is 5.22. The van der Waals surface area contributed by atoms with Crippen LogP contribution in [0.2, 0.25) is 5.02 Å². The molecule has 0 aliphatic rings. The molecule has 0 heterocycles. The van der Waals surface area contributed by atoms with Crippen molar-refractivity contribution in [3.8, 4) is 0 Å². The minimum Gasteiger partial charge on any atom is -0.449 e. The van der Waals surface area contributed by atoms with E-state index in [-0.39, 0.29) is 17.0 Å². The lowest BCUT2D eigenvalue weighted by molar-refractivity contribution is -0.123. The SMILES string of the molecule is CCN(c1ccccc1)S(=O)(=O)c1cc(C(=O)OC(C)C(=O)Nc2cccc(Cl)c2)ccc1C. The summed E-state index contributed by atoms with van der Waals surface area (Å²) in [5.74, 6) is -1.36. The Labute approximate surface area is 204 Å². The van der Waals surface area contributed by atoms with Gasteiger partial charge in [-0.25, -0.2) is 13.2 Å². The molecule has 3 aromatic rings. The van der Waals surface area contributed by atoms with Crippen LogP contribution in [-0.2, 0) is 19.6 Å². The Morgan fingerprint density at radius 2 is 1.74 bits per heavy atom. The number of benzene rings is 3. The highest BCUT2D eigenvalue weighted by Gasteiger charge is 2.27. The lowest BCUT2D eigenvalue weighted by atomic mass is 10.1. The number of esters is 1. The molecule has 0 bridgehead atoms. The molecule has 34 heavy (non-hydrogen) atoms. The second-order valence-electron chi connectivity index (χ2n) is 7.53. The molecule has 9 heteroatoms. The number of para-hydroxylation sites is 1. The van der Waals surface area contributed by atoms with Crippen LogP contribution in [0, 0.1) is 6.92 Å². The number of carbonyl (C=O) groups is 2. The van der Waals surface area contributed by atoms with Gasteiger partial charge in [0.2, 0.25) is 0 Å². The zero-order valence-corrected chi connectivity index (χ0v) is 20.6. The first-order chi connectivity index (χ1) is 16.1. The van der Waals surface area contributed by atoms with Crippen molar-refractivity contribution < 1.29 is 22.7 Å². The fraction of sp³-hybridized carbons (Fsp3) is 0.200. The number of anilines is 2. The molecule has 0 saturated carbocycles. The second-order valence-corrected chi connectivity index (χ2v) is 9.80. The van der Waals surface area contributed by atoms with Gasteiger partial charge in [0.05, 0.1) is 16.1 Å². The van der Waals surface area contributed by atoms with Crippen LogP contribution in [0.25, 0.3) is 0 Å². The monoisotopic (exact) mass is 500 g/mol. The summed E-state index contributed by atoms with van der Waals surface area (Å²) in [6.45, 7) is 5.03. The van der Waals surface area contributed by atoms with E-state index < -0.39 is 28.0 Å². The maximum atomic E-state index is 13.4. The van der Waals surface area contributed by atoms with Crippen molar-refractivity contribution in [3.05, 3.63) is 88.9 Å². The first-order valence-corrected chi connectivity index (χ1v) is 12.4. The zero-order valence-electron chi connectivity index (χ0n) is 19.0. The van der Waals surface area contributed by atoms with Gasteiger partial charge in [-0.15, -0.1) is 0 Å². The summed E-state index contributed by atoms with van der Waals surface area (Å²) in [5.41, 5.74) is 1.49. The van der Waals surface area contributed by atoms with Crippen molar-refractivity contribution in [1.82, 2.24) is 0 Å². The fourth-order valence-electron chi connectivity index (χ4n) is 3.30. The Hall–Kier alpha value is -3.36. The molecule has 1 unspecified atom stereocenters. The van der Waals surface area contributed by atoms with Gasteiger partial charge in [-0.05, 0) is 68.8 Å². The van der Waals surface area contributed by atoms with Crippen molar-refractivity contribution in [2.24, 2.45) is 0 Å². The smallest absolute Gasteiger partial charge is 0.338 e. The van der Waals surface area contributed by atoms with Gasteiger partial charge in [0.1, 0.15) is 0 Å². The average Bonchev–Trinajstić information content (AvgIpc) is 2.80. The van der Waals surface area contributed by atoms with Crippen LogP contribution in [0.5, 0.6) is 0 Å². The van der Waals surface area contributed by atoms with Crippen LogP contribution < -0.4 is 9.62 Å². The number of halogens is 1. The van der Waals surface area contributed by atoms with E-state index in [9.17, 15) is 18.0 Å². The van der Waals surface area contributed by atoms with E-state index in [0.29, 0.717) is 22.0 Å². The number of nitrogens with one attached hydrogen (secondary N) is 1. The van der Waals surface area contributed by atoms with Gasteiger partial charge in [0.15, 0.2) is 6.10 Å². The van der Waals surface area contributed by atoms with Crippen LogP contribution >= 0.6 is 11.6 Å². The summed E-state index contributed by atoms with van der Waals surface area (Å²) in [6, 6.07) is 19.6. The van der Waals surface area contributed by atoms with E-state index in [4.69, 9.17) is 16.3 Å². The molecule has 0 aliphatic carbocycles. The van der Waals surface area contributed by atoms with E-state index in [2.05, 4.69) is 5.32 Å². The third kappa shape index (κ3) is 5.76. The molecule has 1 atom stereocenters. The number of aryl methyl sites for hydroxylation is 1. The van der Waals surface area contributed by atoms with Crippen LogP contribution in [0.15, 0.2) is 77.7 Å². The highest BCUT2D eigenvalue weighted by molar-refractivity contribution is 7.92. The molecule has 0 fully saturated rings. The van der Waals surface area contributed by atoms with Gasteiger partial charge in [-0.2, -0.15) is 0 Å². The molecule has 7 nitrogen and oxygen atoms in total. The average molecular weight is 501 g/mol. The molecule has 3 aromatic carbocycles. The normalized spacial score (nSPS) is 12.0. The summed E-state index contributed by atoms with van der Waals surface area (Å²) in [5, 5.41) is 3.07. The van der Waals surface area contributed by atoms with Gasteiger partial charge < -0.3 is 10.1 Å². The number of nitrogens with zero attached hydrogens (tertiary/aromatic N) is 1. The molecular formula is C25H25ClN2O5S. The molecule has 0 radical (unpaired) electrons. The number of hydrogen-bond donors (Lipinski definition) is 1. The Kier molecular flexibility index (Phi) is 7.96. The lowest BCUT2D eigenvalue weighted by Gasteiger charge is -2.24. The Balaban J connectivity index is 1.80. The summed E-state index contributed by atoms with van der Waals surface area (Å²) in [4.78, 5) is 25.1. The number of rotatable bonds is 8. The molecule has 178 valence electrons. The predicted octanol–water partition coefficient (Wildman–Crippen LogP) is 5.05. The van der Waals surface area contributed by atoms with Crippen LogP contribution in [0.3, 0.4) is 0 Å². The number of hydrogen-bond acceptors (Lipinski definition) is 5. The highest BCUT2D eigenvalue weighted by atomic mass is 35.5. The number of ether oxygens (including phenoxy) is 1. The molecule has 0 aromatic heterocycles. The number of amides is 1. The first-order valence-electron chi connectivity index (χ1n) is 10.6. The quantitative estimate of drug-likeness (QED) is 0.437. The van der Waals surface area contributed by atoms with Crippen molar-refractivity contribution >= 4 is 44.9 Å². The zero-order chi connectivity index (χ0) is 24.9. The minimum atomic E-state index is -3.95.